The van der Waals surface area contributed by atoms with Crippen LogP contribution in [0.15, 0.2) is 29.4 Å². The molecule has 1 aliphatic rings. The third-order valence-corrected chi connectivity index (χ3v) is 3.58. The van der Waals surface area contributed by atoms with Crippen LogP contribution >= 0.6 is 22.6 Å². The van der Waals surface area contributed by atoms with Crippen molar-refractivity contribution in [2.45, 2.75) is 25.2 Å². The van der Waals surface area contributed by atoms with Crippen molar-refractivity contribution in [3.8, 4) is 0 Å². The van der Waals surface area contributed by atoms with Gasteiger partial charge in [-0.3, -0.25) is 4.79 Å². The third-order valence-electron chi connectivity index (χ3n) is 2.86. The topological polar surface area (TPSA) is 52.9 Å². The van der Waals surface area contributed by atoms with Crippen LogP contribution in [-0.4, -0.2) is 33.6 Å². The van der Waals surface area contributed by atoms with E-state index >= 15 is 0 Å². The predicted octanol–water partition coefficient (Wildman–Crippen LogP) is 2.76. The molecule has 0 aromatic heterocycles. The Morgan fingerprint density at radius 2 is 1.95 bits per heavy atom. The number of halogens is 4. The molecule has 1 heterocycles. The average molecular weight is 398 g/mol. The molecule has 0 saturated heterocycles. The van der Waals surface area contributed by atoms with Crippen LogP contribution in [0, 0.1) is 3.57 Å². The Bertz CT molecular complexity index is 571. The number of hydrogen-bond donors (Lipinski definition) is 1. The lowest BCUT2D eigenvalue weighted by Crippen LogP contribution is -2.56. The van der Waals surface area contributed by atoms with Gasteiger partial charge in [-0.15, -0.1) is 0 Å². The molecule has 1 N–H and O–H groups in total. The summed E-state index contributed by atoms with van der Waals surface area (Å²) < 4.78 is 39.8. The molecule has 20 heavy (non-hydrogen) atoms. The lowest BCUT2D eigenvalue weighted by atomic mass is 10.1. The van der Waals surface area contributed by atoms with E-state index < -0.39 is 24.2 Å². The van der Waals surface area contributed by atoms with Crippen molar-refractivity contribution in [2.24, 2.45) is 5.10 Å². The van der Waals surface area contributed by atoms with Crippen molar-refractivity contribution >= 4 is 34.2 Å². The van der Waals surface area contributed by atoms with Gasteiger partial charge in [0.1, 0.15) is 0 Å². The van der Waals surface area contributed by atoms with E-state index in [1.807, 2.05) is 22.6 Å². The number of hydrogen-bond acceptors (Lipinski definition) is 3. The van der Waals surface area contributed by atoms with Crippen molar-refractivity contribution in [1.82, 2.24) is 5.01 Å². The van der Waals surface area contributed by atoms with E-state index in [-0.39, 0.29) is 16.3 Å². The van der Waals surface area contributed by atoms with E-state index in [0.717, 1.165) is 3.57 Å². The molecule has 108 valence electrons. The molecule has 2 rings (SSSR count). The van der Waals surface area contributed by atoms with Crippen molar-refractivity contribution in [3.63, 3.8) is 0 Å². The molecule has 1 aliphatic heterocycles. The zero-order valence-electron chi connectivity index (χ0n) is 10.3. The van der Waals surface area contributed by atoms with Crippen molar-refractivity contribution in [2.75, 3.05) is 0 Å². The van der Waals surface area contributed by atoms with E-state index in [0.29, 0.717) is 0 Å². The highest BCUT2D eigenvalue weighted by Gasteiger charge is 2.62. The second-order valence-electron chi connectivity index (χ2n) is 4.45. The van der Waals surface area contributed by atoms with Gasteiger partial charge in [0.05, 0.1) is 0 Å². The Morgan fingerprint density at radius 3 is 2.45 bits per heavy atom. The maximum Gasteiger partial charge on any atom is 0.438 e. The molecule has 0 radical (unpaired) electrons. The summed E-state index contributed by atoms with van der Waals surface area (Å²) in [5, 5.41) is 13.5. The van der Waals surface area contributed by atoms with E-state index in [1.165, 1.54) is 19.1 Å². The Balaban J connectivity index is 2.39. The highest BCUT2D eigenvalue weighted by atomic mass is 127. The van der Waals surface area contributed by atoms with Gasteiger partial charge in [0.2, 0.25) is 0 Å². The number of alkyl halides is 3. The number of hydrazone groups is 1. The van der Waals surface area contributed by atoms with E-state index in [1.54, 1.807) is 12.1 Å². The molecule has 1 aromatic carbocycles. The largest absolute Gasteiger partial charge is 0.438 e. The van der Waals surface area contributed by atoms with Crippen molar-refractivity contribution < 1.29 is 23.1 Å². The zero-order valence-corrected chi connectivity index (χ0v) is 12.4. The molecule has 0 unspecified atom stereocenters. The molecule has 0 aliphatic carbocycles. The zero-order chi connectivity index (χ0) is 15.1. The van der Waals surface area contributed by atoms with Gasteiger partial charge in [0.25, 0.3) is 11.6 Å². The van der Waals surface area contributed by atoms with E-state index in [2.05, 4.69) is 5.10 Å². The first kappa shape index (κ1) is 15.2. The monoisotopic (exact) mass is 398 g/mol. The smallest absolute Gasteiger partial charge is 0.362 e. The molecular weight excluding hydrogens is 388 g/mol. The van der Waals surface area contributed by atoms with Gasteiger partial charge in [-0.1, -0.05) is 0 Å². The fraction of sp³-hybridized carbons (Fsp3) is 0.333. The summed E-state index contributed by atoms with van der Waals surface area (Å²) >= 11 is 2.01. The molecule has 1 amide bonds. The summed E-state index contributed by atoms with van der Waals surface area (Å²) in [4.78, 5) is 12.1. The Hall–Kier alpha value is -1.16. The van der Waals surface area contributed by atoms with Crippen LogP contribution in [0.3, 0.4) is 0 Å². The first-order chi connectivity index (χ1) is 9.15. The number of carbonyl (C=O) groups excluding carboxylic acids is 1. The van der Waals surface area contributed by atoms with Gasteiger partial charge >= 0.3 is 6.18 Å². The van der Waals surface area contributed by atoms with Crippen LogP contribution < -0.4 is 0 Å². The van der Waals surface area contributed by atoms with Crippen molar-refractivity contribution in [1.29, 1.82) is 0 Å². The maximum absolute atomic E-state index is 13.0. The standard InChI is InChI=1S/C12H10F3IN2O2/c1-7-6-11(20,12(13,14)15)18(17-7)10(19)8-2-4-9(16)5-3-8/h2-5,20H,6H2,1H3/t11-/m0/s1. The summed E-state index contributed by atoms with van der Waals surface area (Å²) in [5.41, 5.74) is -3.20. The van der Waals surface area contributed by atoms with E-state index in [9.17, 15) is 23.1 Å². The summed E-state index contributed by atoms with van der Waals surface area (Å²) in [6, 6.07) is 5.97. The molecule has 0 fully saturated rings. The summed E-state index contributed by atoms with van der Waals surface area (Å²) in [5.74, 6) is -0.988. The normalized spacial score (nSPS) is 22.9. The fourth-order valence-corrected chi connectivity index (χ4v) is 2.23. The number of benzene rings is 1. The first-order valence-electron chi connectivity index (χ1n) is 5.58. The first-order valence-corrected chi connectivity index (χ1v) is 6.66. The number of aliphatic hydroxyl groups is 1. The number of carbonyl (C=O) groups is 1. The maximum atomic E-state index is 13.0. The molecule has 4 nitrogen and oxygen atoms in total. The molecule has 1 atom stereocenters. The minimum absolute atomic E-state index is 0.0338. The highest BCUT2D eigenvalue weighted by molar-refractivity contribution is 14.1. The van der Waals surface area contributed by atoms with Crippen LogP contribution in [0.1, 0.15) is 23.7 Å². The van der Waals surface area contributed by atoms with Crippen LogP contribution in [0.2, 0.25) is 0 Å². The molecule has 0 bridgehead atoms. The minimum atomic E-state index is -4.98. The molecule has 1 aromatic rings. The minimum Gasteiger partial charge on any atom is -0.362 e. The van der Waals surface area contributed by atoms with Gasteiger partial charge < -0.3 is 5.11 Å². The predicted molar refractivity (Wildman–Crippen MR) is 74.1 cm³/mol. The van der Waals surface area contributed by atoms with E-state index in [4.69, 9.17) is 0 Å². The van der Waals surface area contributed by atoms with Gasteiger partial charge in [-0.05, 0) is 53.8 Å². The lowest BCUT2D eigenvalue weighted by Gasteiger charge is -2.32. The quantitative estimate of drug-likeness (QED) is 0.740. The van der Waals surface area contributed by atoms with Gasteiger partial charge in [-0.2, -0.15) is 23.3 Å². The molecular formula is C12H10F3IN2O2. The summed E-state index contributed by atoms with van der Waals surface area (Å²) in [6.07, 6.45) is -5.72. The fourth-order valence-electron chi connectivity index (χ4n) is 1.87. The Morgan fingerprint density at radius 1 is 1.40 bits per heavy atom. The van der Waals surface area contributed by atoms with Crippen LogP contribution in [0.5, 0.6) is 0 Å². The van der Waals surface area contributed by atoms with Gasteiger partial charge in [-0.25, -0.2) is 0 Å². The van der Waals surface area contributed by atoms with Crippen LogP contribution in [-0.2, 0) is 0 Å². The molecule has 8 heteroatoms. The Labute approximate surface area is 126 Å². The number of nitrogens with zero attached hydrogens (tertiary/aromatic N) is 2. The third kappa shape index (κ3) is 2.53. The second-order valence-corrected chi connectivity index (χ2v) is 5.70. The number of amides is 1. The molecule has 0 saturated carbocycles. The Kier molecular flexibility index (Phi) is 3.80. The summed E-state index contributed by atoms with van der Waals surface area (Å²) in [6.45, 7) is 1.33. The SMILES string of the molecule is CC1=NN(C(=O)c2ccc(I)cc2)[C@@](O)(C(F)(F)F)C1. The highest BCUT2D eigenvalue weighted by Crippen LogP contribution is 2.40. The second kappa shape index (κ2) is 4.99. The lowest BCUT2D eigenvalue weighted by molar-refractivity contribution is -0.297. The van der Waals surface area contributed by atoms with Gasteiger partial charge in [0, 0.05) is 21.3 Å². The van der Waals surface area contributed by atoms with Gasteiger partial charge in [0.15, 0.2) is 0 Å². The molecule has 0 spiro atoms. The summed E-state index contributed by atoms with van der Waals surface area (Å²) in [7, 11) is 0. The average Bonchev–Trinajstić information content (AvgIpc) is 2.65. The van der Waals surface area contributed by atoms with Crippen LogP contribution in [0.25, 0.3) is 0 Å². The number of rotatable bonds is 1. The van der Waals surface area contributed by atoms with Crippen LogP contribution in [0.4, 0.5) is 13.2 Å². The van der Waals surface area contributed by atoms with Crippen molar-refractivity contribution in [3.05, 3.63) is 33.4 Å².